The van der Waals surface area contributed by atoms with Crippen molar-refractivity contribution in [3.63, 3.8) is 0 Å². The highest BCUT2D eigenvalue weighted by atomic mass is 19.2. The van der Waals surface area contributed by atoms with Crippen molar-refractivity contribution in [2.45, 2.75) is 45.1 Å². The van der Waals surface area contributed by atoms with Crippen molar-refractivity contribution in [1.29, 1.82) is 0 Å². The van der Waals surface area contributed by atoms with E-state index < -0.39 is 11.6 Å². The standard InChI is InChI=1S/C16H23F2NO/c1-2-3-11-4-5-12(10-19)16(8-11)20-13-6-7-14(17)15(18)9-13/h6-7,9,11-12,16H,2-5,8,10,19H2,1H3. The van der Waals surface area contributed by atoms with E-state index in [2.05, 4.69) is 6.92 Å². The van der Waals surface area contributed by atoms with Gasteiger partial charge in [0.2, 0.25) is 0 Å². The van der Waals surface area contributed by atoms with E-state index in [1.807, 2.05) is 0 Å². The molecule has 3 unspecified atom stereocenters. The smallest absolute Gasteiger partial charge is 0.162 e. The molecule has 1 fully saturated rings. The van der Waals surface area contributed by atoms with Crippen molar-refractivity contribution < 1.29 is 13.5 Å². The highest BCUT2D eigenvalue weighted by Crippen LogP contribution is 2.34. The topological polar surface area (TPSA) is 35.2 Å². The Balaban J connectivity index is 2.04. The summed E-state index contributed by atoms with van der Waals surface area (Å²) in [6.45, 7) is 2.76. The Morgan fingerprint density at radius 3 is 2.70 bits per heavy atom. The Hall–Kier alpha value is -1.16. The first kappa shape index (κ1) is 15.2. The Bertz CT molecular complexity index is 438. The molecule has 4 heteroatoms. The third-order valence-corrected chi connectivity index (χ3v) is 4.22. The second kappa shape index (κ2) is 7.02. The number of halogens is 2. The molecule has 1 aliphatic carbocycles. The Morgan fingerprint density at radius 1 is 1.25 bits per heavy atom. The lowest BCUT2D eigenvalue weighted by atomic mass is 9.78. The second-order valence-electron chi connectivity index (χ2n) is 5.70. The average Bonchev–Trinajstić information content (AvgIpc) is 2.44. The molecule has 112 valence electrons. The van der Waals surface area contributed by atoms with Crippen LogP contribution >= 0.6 is 0 Å². The van der Waals surface area contributed by atoms with Crippen LogP contribution in [-0.4, -0.2) is 12.6 Å². The molecule has 2 rings (SSSR count). The summed E-state index contributed by atoms with van der Waals surface area (Å²) in [5, 5.41) is 0. The second-order valence-corrected chi connectivity index (χ2v) is 5.70. The molecule has 0 amide bonds. The average molecular weight is 283 g/mol. The lowest BCUT2D eigenvalue weighted by Gasteiger charge is -2.35. The van der Waals surface area contributed by atoms with Gasteiger partial charge in [-0.2, -0.15) is 0 Å². The van der Waals surface area contributed by atoms with Gasteiger partial charge < -0.3 is 10.5 Å². The maximum atomic E-state index is 13.2. The summed E-state index contributed by atoms with van der Waals surface area (Å²) >= 11 is 0. The van der Waals surface area contributed by atoms with Gasteiger partial charge in [-0.05, 0) is 43.9 Å². The van der Waals surface area contributed by atoms with Gasteiger partial charge in [-0.15, -0.1) is 0 Å². The monoisotopic (exact) mass is 283 g/mol. The molecular weight excluding hydrogens is 260 g/mol. The summed E-state index contributed by atoms with van der Waals surface area (Å²) < 4.78 is 32.0. The van der Waals surface area contributed by atoms with Crippen LogP contribution in [0.3, 0.4) is 0 Å². The van der Waals surface area contributed by atoms with Crippen LogP contribution in [0.1, 0.15) is 39.0 Å². The number of nitrogens with two attached hydrogens (primary N) is 1. The summed E-state index contributed by atoms with van der Waals surface area (Å²) in [5.41, 5.74) is 5.81. The lowest BCUT2D eigenvalue weighted by Crippen LogP contribution is -2.38. The molecule has 1 aromatic carbocycles. The molecule has 0 radical (unpaired) electrons. The van der Waals surface area contributed by atoms with Crippen LogP contribution in [0.15, 0.2) is 18.2 Å². The van der Waals surface area contributed by atoms with E-state index in [4.69, 9.17) is 10.5 Å². The Morgan fingerprint density at radius 2 is 2.05 bits per heavy atom. The first-order chi connectivity index (χ1) is 9.63. The zero-order valence-electron chi connectivity index (χ0n) is 11.9. The first-order valence-corrected chi connectivity index (χ1v) is 7.45. The summed E-state index contributed by atoms with van der Waals surface area (Å²) in [6.07, 6.45) is 5.55. The number of ether oxygens (including phenoxy) is 1. The van der Waals surface area contributed by atoms with Crippen LogP contribution in [0.5, 0.6) is 5.75 Å². The van der Waals surface area contributed by atoms with Gasteiger partial charge in [0, 0.05) is 12.0 Å². The van der Waals surface area contributed by atoms with Crippen molar-refractivity contribution in [1.82, 2.24) is 0 Å². The third kappa shape index (κ3) is 3.69. The molecule has 3 atom stereocenters. The summed E-state index contributed by atoms with van der Waals surface area (Å²) in [4.78, 5) is 0. The molecule has 2 nitrogen and oxygen atoms in total. The van der Waals surface area contributed by atoms with E-state index in [0.29, 0.717) is 24.1 Å². The van der Waals surface area contributed by atoms with E-state index >= 15 is 0 Å². The Labute approximate surface area is 119 Å². The molecule has 1 saturated carbocycles. The van der Waals surface area contributed by atoms with Gasteiger partial charge in [0.1, 0.15) is 11.9 Å². The molecule has 1 aliphatic rings. The molecule has 0 aliphatic heterocycles. The zero-order chi connectivity index (χ0) is 14.5. The molecule has 0 spiro atoms. The van der Waals surface area contributed by atoms with Crippen LogP contribution < -0.4 is 10.5 Å². The van der Waals surface area contributed by atoms with E-state index in [1.165, 1.54) is 18.9 Å². The minimum absolute atomic E-state index is 0.00941. The van der Waals surface area contributed by atoms with Crippen molar-refractivity contribution in [2.24, 2.45) is 17.6 Å². The third-order valence-electron chi connectivity index (χ3n) is 4.22. The fourth-order valence-electron chi connectivity index (χ4n) is 3.08. The molecule has 20 heavy (non-hydrogen) atoms. The highest BCUT2D eigenvalue weighted by molar-refractivity contribution is 5.24. The number of rotatable bonds is 5. The van der Waals surface area contributed by atoms with E-state index in [1.54, 1.807) is 0 Å². The summed E-state index contributed by atoms with van der Waals surface area (Å²) in [7, 11) is 0. The largest absolute Gasteiger partial charge is 0.490 e. The zero-order valence-corrected chi connectivity index (χ0v) is 11.9. The predicted molar refractivity (Wildman–Crippen MR) is 75.6 cm³/mol. The van der Waals surface area contributed by atoms with Crippen LogP contribution in [0.2, 0.25) is 0 Å². The van der Waals surface area contributed by atoms with Gasteiger partial charge in [0.15, 0.2) is 11.6 Å². The molecule has 0 bridgehead atoms. The van der Waals surface area contributed by atoms with E-state index in [0.717, 1.165) is 31.4 Å². The maximum Gasteiger partial charge on any atom is 0.162 e. The molecule has 0 heterocycles. The van der Waals surface area contributed by atoms with Crippen molar-refractivity contribution in [2.75, 3.05) is 6.54 Å². The Kier molecular flexibility index (Phi) is 5.35. The van der Waals surface area contributed by atoms with E-state index in [-0.39, 0.29) is 6.10 Å². The number of benzene rings is 1. The molecule has 0 aromatic heterocycles. The van der Waals surface area contributed by atoms with Gasteiger partial charge in [-0.1, -0.05) is 19.8 Å². The normalized spacial score (nSPS) is 26.5. The fourth-order valence-corrected chi connectivity index (χ4v) is 3.08. The van der Waals surface area contributed by atoms with Gasteiger partial charge in [0.25, 0.3) is 0 Å². The lowest BCUT2D eigenvalue weighted by molar-refractivity contribution is 0.0665. The number of hydrogen-bond donors (Lipinski definition) is 1. The van der Waals surface area contributed by atoms with E-state index in [9.17, 15) is 8.78 Å². The van der Waals surface area contributed by atoms with Gasteiger partial charge >= 0.3 is 0 Å². The minimum atomic E-state index is -0.868. The minimum Gasteiger partial charge on any atom is -0.490 e. The summed E-state index contributed by atoms with van der Waals surface area (Å²) in [6, 6.07) is 3.70. The van der Waals surface area contributed by atoms with Crippen LogP contribution in [-0.2, 0) is 0 Å². The van der Waals surface area contributed by atoms with Crippen molar-refractivity contribution >= 4 is 0 Å². The van der Waals surface area contributed by atoms with Crippen molar-refractivity contribution in [3.05, 3.63) is 29.8 Å². The predicted octanol–water partition coefficient (Wildman–Crippen LogP) is 3.89. The highest BCUT2D eigenvalue weighted by Gasteiger charge is 2.30. The van der Waals surface area contributed by atoms with Crippen LogP contribution in [0.4, 0.5) is 8.78 Å². The first-order valence-electron chi connectivity index (χ1n) is 7.45. The van der Waals surface area contributed by atoms with Crippen molar-refractivity contribution in [3.8, 4) is 5.75 Å². The van der Waals surface area contributed by atoms with Crippen LogP contribution in [0, 0.1) is 23.5 Å². The van der Waals surface area contributed by atoms with Crippen LogP contribution in [0.25, 0.3) is 0 Å². The summed E-state index contributed by atoms with van der Waals surface area (Å²) in [5.74, 6) is -0.369. The maximum absolute atomic E-state index is 13.2. The quantitative estimate of drug-likeness (QED) is 0.890. The van der Waals surface area contributed by atoms with Gasteiger partial charge in [-0.3, -0.25) is 0 Å². The molecule has 2 N–H and O–H groups in total. The SMILES string of the molecule is CCCC1CCC(CN)C(Oc2ccc(F)c(F)c2)C1. The number of hydrogen-bond acceptors (Lipinski definition) is 2. The molecular formula is C16H23F2NO. The van der Waals surface area contributed by atoms with Gasteiger partial charge in [-0.25, -0.2) is 8.78 Å². The van der Waals surface area contributed by atoms with Gasteiger partial charge in [0.05, 0.1) is 0 Å². The molecule has 1 aromatic rings. The fraction of sp³-hybridized carbons (Fsp3) is 0.625. The molecule has 0 saturated heterocycles.